The first-order valence-electron chi connectivity index (χ1n) is 7.53. The van der Waals surface area contributed by atoms with Crippen molar-refractivity contribution in [3.05, 3.63) is 34.6 Å². The SMILES string of the molecule is CCNC(c1ccc(Cl)cc1F)C1(OCC)CCOCC1. The minimum atomic E-state index is -0.433. The third-order valence-corrected chi connectivity index (χ3v) is 4.21. The van der Waals surface area contributed by atoms with Gasteiger partial charge in [0, 0.05) is 43.2 Å². The summed E-state index contributed by atoms with van der Waals surface area (Å²) < 4.78 is 25.9. The summed E-state index contributed by atoms with van der Waals surface area (Å²) in [7, 11) is 0. The fourth-order valence-electron chi connectivity index (χ4n) is 3.04. The molecule has 0 bridgehead atoms. The molecule has 0 spiro atoms. The van der Waals surface area contributed by atoms with Gasteiger partial charge in [-0.2, -0.15) is 0 Å². The first kappa shape index (κ1) is 16.7. The molecule has 1 aliphatic heterocycles. The fourth-order valence-corrected chi connectivity index (χ4v) is 3.20. The van der Waals surface area contributed by atoms with Gasteiger partial charge >= 0.3 is 0 Å². The largest absolute Gasteiger partial charge is 0.381 e. The standard InChI is InChI=1S/C16H23ClFNO2/c1-3-19-15(13-6-5-12(17)11-14(13)18)16(21-4-2)7-9-20-10-8-16/h5-6,11,15,19H,3-4,7-10H2,1-2H3. The van der Waals surface area contributed by atoms with E-state index in [0.717, 1.165) is 19.4 Å². The molecule has 0 aliphatic carbocycles. The highest BCUT2D eigenvalue weighted by molar-refractivity contribution is 6.30. The second-order valence-corrected chi connectivity index (χ2v) is 5.70. The molecule has 1 aromatic rings. The molecule has 1 N–H and O–H groups in total. The first-order chi connectivity index (χ1) is 10.1. The first-order valence-corrected chi connectivity index (χ1v) is 7.91. The van der Waals surface area contributed by atoms with Crippen molar-refractivity contribution in [1.29, 1.82) is 0 Å². The van der Waals surface area contributed by atoms with Crippen LogP contribution >= 0.6 is 11.6 Å². The fraction of sp³-hybridized carbons (Fsp3) is 0.625. The van der Waals surface area contributed by atoms with E-state index in [-0.39, 0.29) is 11.9 Å². The molecule has 0 amide bonds. The normalized spacial score (nSPS) is 19.4. The molecule has 2 rings (SSSR count). The molecule has 0 radical (unpaired) electrons. The van der Waals surface area contributed by atoms with E-state index in [2.05, 4.69) is 5.32 Å². The monoisotopic (exact) mass is 315 g/mol. The smallest absolute Gasteiger partial charge is 0.129 e. The van der Waals surface area contributed by atoms with Crippen molar-refractivity contribution in [2.24, 2.45) is 0 Å². The Morgan fingerprint density at radius 1 is 1.38 bits per heavy atom. The Kier molecular flexibility index (Phi) is 5.99. The summed E-state index contributed by atoms with van der Waals surface area (Å²) in [6.45, 7) is 6.59. The number of ether oxygens (including phenoxy) is 2. The molecule has 1 aromatic carbocycles. The Balaban J connectivity index is 2.39. The maximum Gasteiger partial charge on any atom is 0.129 e. The van der Waals surface area contributed by atoms with Crippen LogP contribution in [0.5, 0.6) is 0 Å². The van der Waals surface area contributed by atoms with Crippen LogP contribution < -0.4 is 5.32 Å². The highest BCUT2D eigenvalue weighted by atomic mass is 35.5. The number of likely N-dealkylation sites (N-methyl/N-ethyl adjacent to an activating group) is 1. The van der Waals surface area contributed by atoms with Crippen molar-refractivity contribution in [3.8, 4) is 0 Å². The predicted molar refractivity (Wildman–Crippen MR) is 82.2 cm³/mol. The Labute approximate surface area is 130 Å². The van der Waals surface area contributed by atoms with E-state index in [9.17, 15) is 4.39 Å². The molecule has 1 aliphatic rings. The lowest BCUT2D eigenvalue weighted by atomic mass is 9.81. The van der Waals surface area contributed by atoms with Crippen LogP contribution in [0.4, 0.5) is 4.39 Å². The molecule has 5 heteroatoms. The zero-order valence-corrected chi connectivity index (χ0v) is 13.4. The lowest BCUT2D eigenvalue weighted by Gasteiger charge is -2.43. The quantitative estimate of drug-likeness (QED) is 0.868. The third kappa shape index (κ3) is 3.75. The summed E-state index contributed by atoms with van der Waals surface area (Å²) >= 11 is 5.87. The van der Waals surface area contributed by atoms with Gasteiger partial charge in [0.2, 0.25) is 0 Å². The van der Waals surface area contributed by atoms with Crippen LogP contribution in [-0.4, -0.2) is 32.0 Å². The van der Waals surface area contributed by atoms with Gasteiger partial charge in [-0.05, 0) is 25.6 Å². The maximum absolute atomic E-state index is 14.4. The number of hydrogen-bond acceptors (Lipinski definition) is 3. The minimum Gasteiger partial charge on any atom is -0.381 e. The van der Waals surface area contributed by atoms with Crippen LogP contribution in [0.2, 0.25) is 5.02 Å². The van der Waals surface area contributed by atoms with Gasteiger partial charge in [0.25, 0.3) is 0 Å². The summed E-state index contributed by atoms with van der Waals surface area (Å²) in [5, 5.41) is 3.80. The zero-order valence-electron chi connectivity index (χ0n) is 12.6. The molecule has 1 unspecified atom stereocenters. The van der Waals surface area contributed by atoms with Crippen molar-refractivity contribution in [3.63, 3.8) is 0 Å². The molecule has 1 atom stereocenters. The summed E-state index contributed by atoms with van der Waals surface area (Å²) in [5.74, 6) is -0.293. The van der Waals surface area contributed by atoms with Gasteiger partial charge in [0.1, 0.15) is 5.82 Å². The van der Waals surface area contributed by atoms with Crippen LogP contribution in [0.3, 0.4) is 0 Å². The molecular weight excluding hydrogens is 293 g/mol. The second kappa shape index (κ2) is 7.54. The summed E-state index contributed by atoms with van der Waals surface area (Å²) in [6, 6.07) is 4.63. The van der Waals surface area contributed by atoms with Crippen molar-refractivity contribution < 1.29 is 13.9 Å². The van der Waals surface area contributed by atoms with Crippen LogP contribution in [0.15, 0.2) is 18.2 Å². The number of nitrogens with one attached hydrogen (secondary N) is 1. The average Bonchev–Trinajstić information content (AvgIpc) is 2.47. The third-order valence-electron chi connectivity index (χ3n) is 3.98. The van der Waals surface area contributed by atoms with E-state index < -0.39 is 5.60 Å². The molecule has 0 saturated carbocycles. The molecule has 1 saturated heterocycles. The predicted octanol–water partition coefficient (Wildman–Crippen LogP) is 3.72. The van der Waals surface area contributed by atoms with Crippen LogP contribution in [0, 0.1) is 5.82 Å². The number of benzene rings is 1. The molecule has 3 nitrogen and oxygen atoms in total. The molecule has 21 heavy (non-hydrogen) atoms. The van der Waals surface area contributed by atoms with Crippen molar-refractivity contribution in [2.45, 2.75) is 38.3 Å². The molecule has 0 aromatic heterocycles. The highest BCUT2D eigenvalue weighted by Gasteiger charge is 2.42. The van der Waals surface area contributed by atoms with Gasteiger partial charge in [0.15, 0.2) is 0 Å². The number of rotatable bonds is 6. The molecule has 118 valence electrons. The highest BCUT2D eigenvalue weighted by Crippen LogP contribution is 2.39. The number of halogens is 2. The van der Waals surface area contributed by atoms with E-state index in [1.807, 2.05) is 13.8 Å². The van der Waals surface area contributed by atoms with Gasteiger partial charge in [-0.3, -0.25) is 0 Å². The average molecular weight is 316 g/mol. The lowest BCUT2D eigenvalue weighted by molar-refractivity contribution is -0.128. The lowest BCUT2D eigenvalue weighted by Crippen LogP contribution is -2.50. The van der Waals surface area contributed by atoms with Gasteiger partial charge < -0.3 is 14.8 Å². The van der Waals surface area contributed by atoms with E-state index in [4.69, 9.17) is 21.1 Å². The second-order valence-electron chi connectivity index (χ2n) is 5.27. The van der Waals surface area contributed by atoms with Gasteiger partial charge in [0.05, 0.1) is 11.6 Å². The van der Waals surface area contributed by atoms with E-state index in [0.29, 0.717) is 30.4 Å². The van der Waals surface area contributed by atoms with Gasteiger partial charge in [-0.15, -0.1) is 0 Å². The minimum absolute atomic E-state index is 0.205. The Morgan fingerprint density at radius 2 is 2.10 bits per heavy atom. The summed E-state index contributed by atoms with van der Waals surface area (Å²) in [4.78, 5) is 0. The Morgan fingerprint density at radius 3 is 2.67 bits per heavy atom. The summed E-state index contributed by atoms with van der Waals surface area (Å²) in [6.07, 6.45) is 1.50. The van der Waals surface area contributed by atoms with Crippen molar-refractivity contribution in [2.75, 3.05) is 26.4 Å². The molecule has 1 fully saturated rings. The zero-order chi connectivity index (χ0) is 15.3. The van der Waals surface area contributed by atoms with E-state index in [1.165, 1.54) is 6.07 Å². The molecule has 1 heterocycles. The summed E-state index contributed by atoms with van der Waals surface area (Å²) in [5.41, 5.74) is 0.175. The Hall–Kier alpha value is -0.680. The molecular formula is C16H23ClFNO2. The van der Waals surface area contributed by atoms with Gasteiger partial charge in [-0.25, -0.2) is 4.39 Å². The number of hydrogen-bond donors (Lipinski definition) is 1. The Bertz CT molecular complexity index is 458. The van der Waals surface area contributed by atoms with E-state index >= 15 is 0 Å². The van der Waals surface area contributed by atoms with E-state index in [1.54, 1.807) is 12.1 Å². The van der Waals surface area contributed by atoms with Crippen LogP contribution in [0.1, 0.15) is 38.3 Å². The van der Waals surface area contributed by atoms with Crippen molar-refractivity contribution in [1.82, 2.24) is 5.32 Å². The maximum atomic E-state index is 14.4. The topological polar surface area (TPSA) is 30.5 Å². The van der Waals surface area contributed by atoms with Gasteiger partial charge in [-0.1, -0.05) is 24.6 Å². The van der Waals surface area contributed by atoms with Crippen molar-refractivity contribution >= 4 is 11.6 Å². The van der Waals surface area contributed by atoms with Crippen LogP contribution in [-0.2, 0) is 9.47 Å². The van der Waals surface area contributed by atoms with Crippen LogP contribution in [0.25, 0.3) is 0 Å².